The first-order valence-electron chi connectivity index (χ1n) is 6.05. The minimum Gasteiger partial charge on any atom is -0.744 e. The van der Waals surface area contributed by atoms with Crippen LogP contribution in [0.5, 0.6) is 0 Å². The zero-order valence-corrected chi connectivity index (χ0v) is 12.5. The summed E-state index contributed by atoms with van der Waals surface area (Å²) in [6, 6.07) is 11.1. The molecule has 22 heavy (non-hydrogen) atoms. The summed E-state index contributed by atoms with van der Waals surface area (Å²) >= 11 is 0. The Labute approximate surface area is 126 Å². The van der Waals surface area contributed by atoms with Gasteiger partial charge in [-0.1, -0.05) is 24.3 Å². The fourth-order valence-corrected chi connectivity index (χ4v) is 3.81. The van der Waals surface area contributed by atoms with E-state index in [0.29, 0.717) is 10.8 Å². The van der Waals surface area contributed by atoms with E-state index in [2.05, 4.69) is 0 Å². The summed E-state index contributed by atoms with van der Waals surface area (Å²) in [7, 11) is -9.45. The second-order valence-electron chi connectivity index (χ2n) is 4.72. The second kappa shape index (κ2) is 4.75. The Morgan fingerprint density at radius 1 is 0.636 bits per heavy atom. The molecule has 0 N–H and O–H groups in total. The minimum absolute atomic E-state index is 0.0844. The summed E-state index contributed by atoms with van der Waals surface area (Å²) in [5, 5.41) is 1.09. The van der Waals surface area contributed by atoms with Gasteiger partial charge in [0.25, 0.3) is 0 Å². The first-order valence-corrected chi connectivity index (χ1v) is 8.87. The zero-order valence-electron chi connectivity index (χ0n) is 10.9. The molecule has 0 heterocycles. The van der Waals surface area contributed by atoms with Crippen molar-refractivity contribution in [3.63, 3.8) is 0 Å². The van der Waals surface area contributed by atoms with Crippen molar-refractivity contribution in [1.82, 2.24) is 0 Å². The monoisotopic (exact) mass is 336 g/mol. The molecule has 0 aliphatic heterocycles. The molecule has 0 bridgehead atoms. The number of hydrogen-bond donors (Lipinski definition) is 0. The molecule has 0 radical (unpaired) electrons. The van der Waals surface area contributed by atoms with Crippen LogP contribution >= 0.6 is 0 Å². The number of benzene rings is 3. The predicted octanol–water partition coefficient (Wildman–Crippen LogP) is 1.80. The van der Waals surface area contributed by atoms with Crippen LogP contribution in [0.15, 0.2) is 58.3 Å². The molecule has 114 valence electrons. The van der Waals surface area contributed by atoms with E-state index >= 15 is 0 Å². The van der Waals surface area contributed by atoms with E-state index in [4.69, 9.17) is 0 Å². The van der Waals surface area contributed by atoms with Crippen molar-refractivity contribution in [1.29, 1.82) is 0 Å². The summed E-state index contributed by atoms with van der Waals surface area (Å²) in [5.74, 6) is 0. The topological polar surface area (TPSA) is 114 Å². The van der Waals surface area contributed by atoms with Gasteiger partial charge in [0.2, 0.25) is 0 Å². The SMILES string of the molecule is O=S(=O)([O-])c1cccc2cc3cccc(S(=O)(=O)[O-])c3cc12. The molecular formula is C14H8O6S2-2. The van der Waals surface area contributed by atoms with Gasteiger partial charge in [-0.15, -0.1) is 0 Å². The Morgan fingerprint density at radius 2 is 1.05 bits per heavy atom. The van der Waals surface area contributed by atoms with Crippen LogP contribution in [-0.2, 0) is 20.2 Å². The Balaban J connectivity index is 2.56. The lowest BCUT2D eigenvalue weighted by molar-refractivity contribution is 0.462. The largest absolute Gasteiger partial charge is 0.744 e. The van der Waals surface area contributed by atoms with Crippen LogP contribution in [0, 0.1) is 0 Å². The Bertz CT molecular complexity index is 1030. The highest BCUT2D eigenvalue weighted by molar-refractivity contribution is 7.86. The zero-order chi connectivity index (χ0) is 16.1. The summed E-state index contributed by atoms with van der Waals surface area (Å²) in [4.78, 5) is -0.907. The van der Waals surface area contributed by atoms with Gasteiger partial charge in [0.15, 0.2) is 0 Å². The molecule has 0 amide bonds. The molecule has 3 aromatic carbocycles. The lowest BCUT2D eigenvalue weighted by atomic mass is 10.0. The van der Waals surface area contributed by atoms with Gasteiger partial charge in [-0.3, -0.25) is 0 Å². The van der Waals surface area contributed by atoms with Crippen LogP contribution < -0.4 is 0 Å². The van der Waals surface area contributed by atoms with E-state index in [0.717, 1.165) is 12.1 Å². The third kappa shape index (κ3) is 2.46. The average molecular weight is 336 g/mol. The number of fused-ring (bicyclic) bond motifs is 2. The van der Waals surface area contributed by atoms with Crippen molar-refractivity contribution < 1.29 is 25.9 Å². The van der Waals surface area contributed by atoms with Crippen molar-refractivity contribution in [3.05, 3.63) is 48.5 Å². The van der Waals surface area contributed by atoms with Gasteiger partial charge in [-0.25, -0.2) is 16.8 Å². The summed E-state index contributed by atoms with van der Waals surface area (Å²) in [5.41, 5.74) is 0. The molecule has 0 aromatic heterocycles. The molecule has 0 aliphatic carbocycles. The molecule has 6 nitrogen and oxygen atoms in total. The van der Waals surface area contributed by atoms with Gasteiger partial charge < -0.3 is 9.11 Å². The molecule has 0 unspecified atom stereocenters. The molecule has 0 spiro atoms. The lowest BCUT2D eigenvalue weighted by Gasteiger charge is -2.14. The van der Waals surface area contributed by atoms with Gasteiger partial charge >= 0.3 is 0 Å². The lowest BCUT2D eigenvalue weighted by Crippen LogP contribution is -2.01. The molecule has 0 saturated carbocycles. The maximum atomic E-state index is 11.3. The van der Waals surface area contributed by atoms with Crippen molar-refractivity contribution in [3.8, 4) is 0 Å². The van der Waals surface area contributed by atoms with Gasteiger partial charge in [0.1, 0.15) is 20.2 Å². The van der Waals surface area contributed by atoms with E-state index in [9.17, 15) is 25.9 Å². The highest BCUT2D eigenvalue weighted by atomic mass is 32.2. The number of hydrogen-bond acceptors (Lipinski definition) is 6. The molecule has 0 aliphatic rings. The fourth-order valence-electron chi connectivity index (χ4n) is 2.43. The van der Waals surface area contributed by atoms with Gasteiger partial charge in [0.05, 0.1) is 9.79 Å². The average Bonchev–Trinajstić information content (AvgIpc) is 2.41. The van der Waals surface area contributed by atoms with Crippen molar-refractivity contribution in [2.45, 2.75) is 9.79 Å². The van der Waals surface area contributed by atoms with Crippen LogP contribution in [0.2, 0.25) is 0 Å². The molecule has 0 atom stereocenters. The van der Waals surface area contributed by atoms with Crippen LogP contribution in [0.3, 0.4) is 0 Å². The molecular weight excluding hydrogens is 328 g/mol. The van der Waals surface area contributed by atoms with E-state index < -0.39 is 30.0 Å². The van der Waals surface area contributed by atoms with Crippen LogP contribution in [0.25, 0.3) is 21.5 Å². The highest BCUT2D eigenvalue weighted by Gasteiger charge is 2.12. The van der Waals surface area contributed by atoms with E-state index in [1.165, 1.54) is 24.3 Å². The summed E-state index contributed by atoms with van der Waals surface area (Å²) in [6.45, 7) is 0. The predicted molar refractivity (Wildman–Crippen MR) is 77.4 cm³/mol. The minimum atomic E-state index is -4.72. The third-order valence-electron chi connectivity index (χ3n) is 3.34. The summed E-state index contributed by atoms with van der Waals surface area (Å²) in [6.07, 6.45) is 0. The van der Waals surface area contributed by atoms with E-state index in [1.54, 1.807) is 12.1 Å². The van der Waals surface area contributed by atoms with Crippen LogP contribution in [-0.4, -0.2) is 25.9 Å². The molecule has 8 heteroatoms. The molecule has 0 fully saturated rings. The maximum Gasteiger partial charge on any atom is 0.125 e. The second-order valence-corrected chi connectivity index (χ2v) is 7.41. The van der Waals surface area contributed by atoms with Gasteiger partial charge in [0, 0.05) is 0 Å². The Morgan fingerprint density at radius 3 is 1.41 bits per heavy atom. The molecule has 3 aromatic rings. The normalized spacial score (nSPS) is 12.8. The highest BCUT2D eigenvalue weighted by Crippen LogP contribution is 2.31. The number of rotatable bonds is 2. The first kappa shape index (κ1) is 14.9. The smallest absolute Gasteiger partial charge is 0.125 e. The van der Waals surface area contributed by atoms with Crippen LogP contribution in [0.1, 0.15) is 0 Å². The van der Waals surface area contributed by atoms with Gasteiger partial charge in [-0.2, -0.15) is 0 Å². The quantitative estimate of drug-likeness (QED) is 0.520. The maximum absolute atomic E-state index is 11.3. The van der Waals surface area contributed by atoms with E-state index in [-0.39, 0.29) is 10.8 Å². The van der Waals surface area contributed by atoms with Crippen molar-refractivity contribution in [2.75, 3.05) is 0 Å². The first-order chi connectivity index (χ1) is 10.2. The van der Waals surface area contributed by atoms with Crippen molar-refractivity contribution >= 4 is 41.8 Å². The third-order valence-corrected chi connectivity index (χ3v) is 5.13. The Hall–Kier alpha value is -2.00. The Kier molecular flexibility index (Phi) is 3.22. The van der Waals surface area contributed by atoms with E-state index in [1.807, 2.05) is 0 Å². The molecule has 0 saturated heterocycles. The van der Waals surface area contributed by atoms with Crippen molar-refractivity contribution in [2.24, 2.45) is 0 Å². The standard InChI is InChI=1S/C14H10O6S2/c15-21(16,17)13-5-1-3-9-7-10-4-2-6-14(22(18,19)20)12(10)8-11(9)13/h1-8H,(H,15,16,17)(H,18,19,20)/p-2. The van der Waals surface area contributed by atoms with Gasteiger partial charge in [-0.05, 0) is 45.8 Å². The fraction of sp³-hybridized carbons (Fsp3) is 0. The summed E-state index contributed by atoms with van der Waals surface area (Å²) < 4.78 is 68.0. The van der Waals surface area contributed by atoms with Crippen LogP contribution in [0.4, 0.5) is 0 Å². The molecule has 3 rings (SSSR count).